The largest absolute Gasteiger partial charge is 0.329 e. The Balaban J connectivity index is 1.71. The van der Waals surface area contributed by atoms with Crippen molar-refractivity contribution in [1.82, 2.24) is 15.2 Å². The normalized spacial score (nSPS) is 19.7. The Morgan fingerprint density at radius 1 is 1.19 bits per heavy atom. The Labute approximate surface area is 161 Å². The molecule has 2 N–H and O–H groups in total. The van der Waals surface area contributed by atoms with Gasteiger partial charge in [0.15, 0.2) is 5.78 Å². The van der Waals surface area contributed by atoms with Gasteiger partial charge in [-0.3, -0.25) is 14.4 Å². The van der Waals surface area contributed by atoms with Crippen LogP contribution in [0.25, 0.3) is 0 Å². The van der Waals surface area contributed by atoms with Crippen molar-refractivity contribution < 1.29 is 9.59 Å². The zero-order valence-corrected chi connectivity index (χ0v) is 15.5. The molecule has 1 aromatic heterocycles. The fourth-order valence-electron chi connectivity index (χ4n) is 3.85. The highest BCUT2D eigenvalue weighted by molar-refractivity contribution is 6.30. The van der Waals surface area contributed by atoms with Gasteiger partial charge in [-0.25, -0.2) is 0 Å². The molecule has 0 radical (unpaired) electrons. The average molecular weight is 386 g/mol. The van der Waals surface area contributed by atoms with E-state index in [1.807, 2.05) is 18.2 Å². The second-order valence-electron chi connectivity index (χ2n) is 6.95. The number of rotatable bonds is 2. The summed E-state index contributed by atoms with van der Waals surface area (Å²) in [5, 5.41) is 3.88. The Bertz CT molecular complexity index is 969. The fourth-order valence-corrected chi connectivity index (χ4v) is 4.05. The van der Waals surface area contributed by atoms with E-state index in [0.717, 1.165) is 12.0 Å². The number of ketones is 1. The van der Waals surface area contributed by atoms with Crippen LogP contribution in [-0.4, -0.2) is 41.2 Å². The maximum atomic E-state index is 13.2. The molecule has 1 fully saturated rings. The van der Waals surface area contributed by atoms with E-state index >= 15 is 0 Å². The third-order valence-electron chi connectivity index (χ3n) is 5.22. The highest BCUT2D eigenvalue weighted by Gasteiger charge is 2.31. The van der Waals surface area contributed by atoms with Gasteiger partial charge in [0, 0.05) is 42.3 Å². The summed E-state index contributed by atoms with van der Waals surface area (Å²) in [6, 6.07) is 8.64. The molecule has 1 amide bonds. The number of pyridine rings is 1. The zero-order valence-electron chi connectivity index (χ0n) is 14.8. The van der Waals surface area contributed by atoms with Crippen molar-refractivity contribution in [3.05, 3.63) is 68.1 Å². The van der Waals surface area contributed by atoms with Gasteiger partial charge in [0.05, 0.1) is 6.04 Å². The summed E-state index contributed by atoms with van der Waals surface area (Å²) < 4.78 is 0. The average Bonchev–Trinajstić information content (AvgIpc) is 2.67. The van der Waals surface area contributed by atoms with Crippen molar-refractivity contribution in [3.8, 4) is 0 Å². The molecule has 0 bridgehead atoms. The van der Waals surface area contributed by atoms with Crippen LogP contribution in [0.2, 0.25) is 5.02 Å². The van der Waals surface area contributed by atoms with Gasteiger partial charge in [-0.2, -0.15) is 0 Å². The molecule has 140 valence electrons. The van der Waals surface area contributed by atoms with Gasteiger partial charge in [0.2, 0.25) is 0 Å². The lowest BCUT2D eigenvalue weighted by atomic mass is 9.93. The monoisotopic (exact) mass is 385 g/mol. The van der Waals surface area contributed by atoms with E-state index < -0.39 is 5.56 Å². The number of aromatic nitrogens is 1. The SMILES string of the molecule is O=C1CCCc2[nH]c(=O)c(C(=O)N3CCNCC3c3cccc(Cl)c3)cc21. The van der Waals surface area contributed by atoms with E-state index in [9.17, 15) is 14.4 Å². The smallest absolute Gasteiger partial charge is 0.261 e. The topological polar surface area (TPSA) is 82.3 Å². The number of carbonyl (C=O) groups excluding carboxylic acids is 2. The minimum absolute atomic E-state index is 0.0201. The molecule has 1 saturated heterocycles. The minimum Gasteiger partial charge on any atom is -0.329 e. The van der Waals surface area contributed by atoms with Crippen LogP contribution in [0.3, 0.4) is 0 Å². The Morgan fingerprint density at radius 2 is 2.04 bits per heavy atom. The van der Waals surface area contributed by atoms with Crippen LogP contribution in [0.15, 0.2) is 35.1 Å². The third kappa shape index (κ3) is 3.42. The van der Waals surface area contributed by atoms with E-state index in [4.69, 9.17) is 11.6 Å². The molecule has 1 atom stereocenters. The summed E-state index contributed by atoms with van der Waals surface area (Å²) in [7, 11) is 0. The summed E-state index contributed by atoms with van der Waals surface area (Å²) >= 11 is 6.11. The number of Topliss-reactive ketones (excluding diaryl/α,β-unsaturated/α-hetero) is 1. The van der Waals surface area contributed by atoms with E-state index in [1.54, 1.807) is 11.0 Å². The van der Waals surface area contributed by atoms with Crippen LogP contribution >= 0.6 is 11.6 Å². The van der Waals surface area contributed by atoms with Crippen molar-refractivity contribution in [2.45, 2.75) is 25.3 Å². The first kappa shape index (κ1) is 17.9. The van der Waals surface area contributed by atoms with Crippen LogP contribution in [0.1, 0.15) is 50.9 Å². The highest BCUT2D eigenvalue weighted by Crippen LogP contribution is 2.26. The van der Waals surface area contributed by atoms with E-state index in [0.29, 0.717) is 48.8 Å². The van der Waals surface area contributed by atoms with Crippen molar-refractivity contribution in [3.63, 3.8) is 0 Å². The molecule has 2 aromatic rings. The number of hydrogen-bond donors (Lipinski definition) is 2. The number of benzene rings is 1. The summed E-state index contributed by atoms with van der Waals surface area (Å²) in [5.41, 5.74) is 1.61. The molecular weight excluding hydrogens is 366 g/mol. The van der Waals surface area contributed by atoms with Gasteiger partial charge in [-0.05, 0) is 36.6 Å². The Kier molecular flexibility index (Phi) is 4.85. The third-order valence-corrected chi connectivity index (χ3v) is 5.46. The van der Waals surface area contributed by atoms with Crippen molar-refractivity contribution in [2.24, 2.45) is 0 Å². The number of nitrogens with zero attached hydrogens (tertiary/aromatic N) is 1. The molecule has 1 aliphatic heterocycles. The number of aromatic amines is 1. The highest BCUT2D eigenvalue weighted by atomic mass is 35.5. The zero-order chi connectivity index (χ0) is 19.0. The van der Waals surface area contributed by atoms with E-state index in [-0.39, 0.29) is 23.3 Å². The molecule has 1 aliphatic carbocycles. The number of fused-ring (bicyclic) bond motifs is 1. The molecule has 6 nitrogen and oxygen atoms in total. The molecule has 2 heterocycles. The molecule has 7 heteroatoms. The number of H-pyrrole nitrogens is 1. The molecule has 1 aromatic carbocycles. The van der Waals surface area contributed by atoms with Gasteiger partial charge in [0.1, 0.15) is 5.56 Å². The summed E-state index contributed by atoms with van der Waals surface area (Å²) in [6.07, 6.45) is 1.83. The molecule has 4 rings (SSSR count). The maximum Gasteiger partial charge on any atom is 0.261 e. The standard InChI is InChI=1S/C20H20ClN3O3/c21-13-4-1-3-12(9-13)17-11-22-7-8-24(17)20(27)15-10-14-16(23-19(15)26)5-2-6-18(14)25/h1,3-4,9-10,17,22H,2,5-8,11H2,(H,23,26). The van der Waals surface area contributed by atoms with Crippen molar-refractivity contribution >= 4 is 23.3 Å². The van der Waals surface area contributed by atoms with Gasteiger partial charge in [0.25, 0.3) is 11.5 Å². The minimum atomic E-state index is -0.433. The lowest BCUT2D eigenvalue weighted by molar-refractivity contribution is 0.0632. The first-order valence-corrected chi connectivity index (χ1v) is 9.49. The quantitative estimate of drug-likeness (QED) is 0.831. The molecular formula is C20H20ClN3O3. The first-order chi connectivity index (χ1) is 13.0. The number of piperazine rings is 1. The molecule has 1 unspecified atom stereocenters. The van der Waals surface area contributed by atoms with Gasteiger partial charge in [-0.15, -0.1) is 0 Å². The van der Waals surface area contributed by atoms with Gasteiger partial charge in [-0.1, -0.05) is 23.7 Å². The van der Waals surface area contributed by atoms with Crippen LogP contribution in [0.5, 0.6) is 0 Å². The molecule has 0 spiro atoms. The number of nitrogens with one attached hydrogen (secondary N) is 2. The van der Waals surface area contributed by atoms with Crippen molar-refractivity contribution in [2.75, 3.05) is 19.6 Å². The summed E-state index contributed by atoms with van der Waals surface area (Å²) in [5.74, 6) is -0.378. The van der Waals surface area contributed by atoms with E-state index in [2.05, 4.69) is 10.3 Å². The second-order valence-corrected chi connectivity index (χ2v) is 7.39. The Hall–Kier alpha value is -2.44. The molecule has 2 aliphatic rings. The van der Waals surface area contributed by atoms with Crippen LogP contribution < -0.4 is 10.9 Å². The number of carbonyl (C=O) groups is 2. The fraction of sp³-hybridized carbons (Fsp3) is 0.350. The first-order valence-electron chi connectivity index (χ1n) is 9.11. The van der Waals surface area contributed by atoms with Crippen LogP contribution in [-0.2, 0) is 6.42 Å². The number of amides is 1. The number of hydrogen-bond acceptors (Lipinski definition) is 4. The summed E-state index contributed by atoms with van der Waals surface area (Å²) in [4.78, 5) is 42.4. The van der Waals surface area contributed by atoms with Crippen LogP contribution in [0, 0.1) is 0 Å². The second kappa shape index (κ2) is 7.29. The van der Waals surface area contributed by atoms with Crippen LogP contribution in [0.4, 0.5) is 0 Å². The van der Waals surface area contributed by atoms with Gasteiger partial charge >= 0.3 is 0 Å². The molecule has 27 heavy (non-hydrogen) atoms. The predicted octanol–water partition coefficient (Wildman–Crippen LogP) is 2.33. The van der Waals surface area contributed by atoms with E-state index in [1.165, 1.54) is 6.07 Å². The maximum absolute atomic E-state index is 13.2. The molecule has 0 saturated carbocycles. The lowest BCUT2D eigenvalue weighted by Gasteiger charge is -2.36. The predicted molar refractivity (Wildman–Crippen MR) is 102 cm³/mol. The summed E-state index contributed by atoms with van der Waals surface area (Å²) in [6.45, 7) is 1.69. The number of halogens is 1. The number of aryl methyl sites for hydroxylation is 1. The van der Waals surface area contributed by atoms with Gasteiger partial charge < -0.3 is 15.2 Å². The Morgan fingerprint density at radius 3 is 2.85 bits per heavy atom. The van der Waals surface area contributed by atoms with Crippen molar-refractivity contribution in [1.29, 1.82) is 0 Å². The lowest BCUT2D eigenvalue weighted by Crippen LogP contribution is -2.49.